The molecule has 1 heterocycles. The van der Waals surface area contributed by atoms with Gasteiger partial charge in [-0.2, -0.15) is 5.10 Å². The molecule has 0 spiro atoms. The van der Waals surface area contributed by atoms with Gasteiger partial charge in [0.2, 0.25) is 0 Å². The number of aromatic amines is 1. The minimum atomic E-state index is -0.415. The number of rotatable bonds is 3. The molecule has 0 saturated heterocycles. The average Bonchev–Trinajstić information content (AvgIpc) is 2.90. The lowest BCUT2D eigenvalue weighted by atomic mass is 10.1. The van der Waals surface area contributed by atoms with E-state index >= 15 is 0 Å². The molecule has 1 aromatic heterocycles. The molecule has 20 heavy (non-hydrogen) atoms. The minimum absolute atomic E-state index is 0.0445. The second-order valence-electron chi connectivity index (χ2n) is 4.29. The van der Waals surface area contributed by atoms with Crippen LogP contribution in [0.5, 0.6) is 5.75 Å². The highest BCUT2D eigenvalue weighted by molar-refractivity contribution is 5.94. The van der Waals surface area contributed by atoms with Gasteiger partial charge in [-0.15, -0.1) is 0 Å². The van der Waals surface area contributed by atoms with Crippen LogP contribution in [0.25, 0.3) is 22.2 Å². The summed E-state index contributed by atoms with van der Waals surface area (Å²) in [7, 11) is 1.59. The molecule has 0 aliphatic rings. The van der Waals surface area contributed by atoms with Crippen molar-refractivity contribution in [2.24, 2.45) is 0 Å². The van der Waals surface area contributed by atoms with Crippen LogP contribution in [0, 0.1) is 10.1 Å². The number of aromatic nitrogens is 2. The Morgan fingerprint density at radius 3 is 2.85 bits per heavy atom. The zero-order valence-electron chi connectivity index (χ0n) is 10.7. The Hall–Kier alpha value is -2.89. The van der Waals surface area contributed by atoms with E-state index in [0.29, 0.717) is 16.8 Å². The summed E-state index contributed by atoms with van der Waals surface area (Å²) >= 11 is 0. The molecular weight excluding hydrogens is 258 g/mol. The summed E-state index contributed by atoms with van der Waals surface area (Å²) in [6.07, 6.45) is 0. The van der Waals surface area contributed by atoms with Crippen molar-refractivity contribution < 1.29 is 9.66 Å². The van der Waals surface area contributed by atoms with Crippen LogP contribution in [0.2, 0.25) is 0 Å². The molecule has 0 saturated carbocycles. The second-order valence-corrected chi connectivity index (χ2v) is 4.29. The number of nitro groups is 1. The highest BCUT2D eigenvalue weighted by Gasteiger charge is 2.13. The van der Waals surface area contributed by atoms with Gasteiger partial charge in [0.15, 0.2) is 0 Å². The molecule has 6 heteroatoms. The molecule has 3 rings (SSSR count). The summed E-state index contributed by atoms with van der Waals surface area (Å²) in [5.74, 6) is 0.712. The summed E-state index contributed by atoms with van der Waals surface area (Å²) < 4.78 is 5.18. The number of fused-ring (bicyclic) bond motifs is 1. The molecular formula is C14H11N3O3. The summed E-state index contributed by atoms with van der Waals surface area (Å²) in [4.78, 5) is 10.5. The van der Waals surface area contributed by atoms with Gasteiger partial charge in [0, 0.05) is 23.1 Å². The molecule has 3 aromatic rings. The van der Waals surface area contributed by atoms with E-state index in [1.54, 1.807) is 13.2 Å². The lowest BCUT2D eigenvalue weighted by Gasteiger charge is -2.02. The first kappa shape index (κ1) is 12.2. The quantitative estimate of drug-likeness (QED) is 0.585. The van der Waals surface area contributed by atoms with E-state index in [4.69, 9.17) is 4.74 Å². The van der Waals surface area contributed by atoms with Crippen molar-refractivity contribution in [3.63, 3.8) is 0 Å². The first-order chi connectivity index (χ1) is 9.69. The fourth-order valence-electron chi connectivity index (χ4n) is 2.11. The van der Waals surface area contributed by atoms with Gasteiger partial charge < -0.3 is 4.74 Å². The molecule has 6 nitrogen and oxygen atoms in total. The van der Waals surface area contributed by atoms with Gasteiger partial charge in [-0.05, 0) is 18.2 Å². The first-order valence-corrected chi connectivity index (χ1v) is 5.96. The Balaban J connectivity index is 2.20. The van der Waals surface area contributed by atoms with Crippen LogP contribution in [0.15, 0.2) is 42.5 Å². The predicted octanol–water partition coefficient (Wildman–Crippen LogP) is 3.15. The second kappa shape index (κ2) is 4.65. The van der Waals surface area contributed by atoms with Crippen LogP contribution in [-0.2, 0) is 0 Å². The van der Waals surface area contributed by atoms with Crippen molar-refractivity contribution in [3.05, 3.63) is 52.6 Å². The van der Waals surface area contributed by atoms with Gasteiger partial charge in [0.25, 0.3) is 5.69 Å². The maximum absolute atomic E-state index is 10.9. The maximum Gasteiger partial charge on any atom is 0.270 e. The number of nitrogens with zero attached hydrogens (tertiary/aromatic N) is 2. The minimum Gasteiger partial charge on any atom is -0.497 e. The topological polar surface area (TPSA) is 81.0 Å². The fraction of sp³-hybridized carbons (Fsp3) is 0.0714. The van der Waals surface area contributed by atoms with Crippen molar-refractivity contribution in [2.75, 3.05) is 7.11 Å². The summed E-state index contributed by atoms with van der Waals surface area (Å²) in [6, 6.07) is 12.0. The molecule has 0 radical (unpaired) electrons. The lowest BCUT2D eigenvalue weighted by Crippen LogP contribution is -1.87. The summed E-state index contributed by atoms with van der Waals surface area (Å²) in [5.41, 5.74) is 2.31. The van der Waals surface area contributed by atoms with Crippen molar-refractivity contribution in [1.29, 1.82) is 0 Å². The van der Waals surface area contributed by atoms with Gasteiger partial charge in [0.05, 0.1) is 17.5 Å². The standard InChI is InChI=1S/C14H11N3O3/c1-20-11-4-2-3-9(7-11)14-12-8-10(17(18)19)5-6-13(12)15-16-14/h2-8H,1H3,(H,15,16). The molecule has 0 bridgehead atoms. The van der Waals surface area contributed by atoms with Crippen LogP contribution in [0.4, 0.5) is 5.69 Å². The van der Waals surface area contributed by atoms with Crippen molar-refractivity contribution in [1.82, 2.24) is 10.2 Å². The normalized spacial score (nSPS) is 10.7. The van der Waals surface area contributed by atoms with Gasteiger partial charge in [-0.25, -0.2) is 0 Å². The van der Waals surface area contributed by atoms with Crippen LogP contribution >= 0.6 is 0 Å². The summed E-state index contributed by atoms with van der Waals surface area (Å²) in [6.45, 7) is 0. The first-order valence-electron chi connectivity index (χ1n) is 5.96. The zero-order valence-corrected chi connectivity index (χ0v) is 10.7. The van der Waals surface area contributed by atoms with Crippen molar-refractivity contribution in [3.8, 4) is 17.0 Å². The molecule has 0 fully saturated rings. The van der Waals surface area contributed by atoms with Crippen molar-refractivity contribution >= 4 is 16.6 Å². The Morgan fingerprint density at radius 2 is 2.10 bits per heavy atom. The molecule has 2 aromatic carbocycles. The smallest absolute Gasteiger partial charge is 0.270 e. The van der Waals surface area contributed by atoms with Gasteiger partial charge >= 0.3 is 0 Å². The van der Waals surface area contributed by atoms with E-state index in [9.17, 15) is 10.1 Å². The molecule has 0 aliphatic heterocycles. The molecule has 0 atom stereocenters. The van der Waals surface area contributed by atoms with E-state index in [0.717, 1.165) is 11.1 Å². The number of nitro benzene ring substituents is 1. The number of methoxy groups -OCH3 is 1. The monoisotopic (exact) mass is 269 g/mol. The van der Waals surface area contributed by atoms with E-state index in [-0.39, 0.29) is 5.69 Å². The highest BCUT2D eigenvalue weighted by Crippen LogP contribution is 2.30. The van der Waals surface area contributed by atoms with Crippen LogP contribution in [0.3, 0.4) is 0 Å². The summed E-state index contributed by atoms with van der Waals surface area (Å²) in [5, 5.41) is 18.7. The molecule has 0 aliphatic carbocycles. The number of hydrogen-bond acceptors (Lipinski definition) is 4. The van der Waals surface area contributed by atoms with E-state index in [2.05, 4.69) is 10.2 Å². The number of nitrogens with one attached hydrogen (secondary N) is 1. The van der Waals surface area contributed by atoms with E-state index in [1.165, 1.54) is 12.1 Å². The lowest BCUT2D eigenvalue weighted by molar-refractivity contribution is -0.384. The van der Waals surface area contributed by atoms with Gasteiger partial charge in [-0.1, -0.05) is 12.1 Å². The third kappa shape index (κ3) is 1.97. The highest BCUT2D eigenvalue weighted by atomic mass is 16.6. The maximum atomic E-state index is 10.9. The van der Waals surface area contributed by atoms with Crippen molar-refractivity contribution in [2.45, 2.75) is 0 Å². The predicted molar refractivity (Wildman–Crippen MR) is 74.7 cm³/mol. The largest absolute Gasteiger partial charge is 0.497 e. The number of ether oxygens (including phenoxy) is 1. The third-order valence-electron chi connectivity index (χ3n) is 3.10. The van der Waals surface area contributed by atoms with Gasteiger partial charge in [-0.3, -0.25) is 15.2 Å². The van der Waals surface area contributed by atoms with E-state index < -0.39 is 4.92 Å². The zero-order chi connectivity index (χ0) is 14.1. The number of non-ortho nitro benzene ring substituents is 1. The molecule has 0 amide bonds. The molecule has 1 N–H and O–H groups in total. The van der Waals surface area contributed by atoms with Crippen LogP contribution < -0.4 is 4.74 Å². The number of benzene rings is 2. The third-order valence-corrected chi connectivity index (χ3v) is 3.10. The van der Waals surface area contributed by atoms with Gasteiger partial charge in [0.1, 0.15) is 11.4 Å². The molecule has 100 valence electrons. The SMILES string of the molecule is COc1cccc(-c2n[nH]c3ccc([N+](=O)[O-])cc23)c1. The Bertz CT molecular complexity index is 795. The molecule has 0 unspecified atom stereocenters. The number of hydrogen-bond donors (Lipinski definition) is 1. The van der Waals surface area contributed by atoms with Crippen LogP contribution in [-0.4, -0.2) is 22.2 Å². The Labute approximate surface area is 114 Å². The van der Waals surface area contributed by atoms with Crippen LogP contribution in [0.1, 0.15) is 0 Å². The average molecular weight is 269 g/mol. The van der Waals surface area contributed by atoms with E-state index in [1.807, 2.05) is 24.3 Å². The fourth-order valence-corrected chi connectivity index (χ4v) is 2.11. The Morgan fingerprint density at radius 1 is 1.25 bits per heavy atom. The Kier molecular flexibility index (Phi) is 2.83. The number of H-pyrrole nitrogens is 1.